The van der Waals surface area contributed by atoms with Gasteiger partial charge in [0.15, 0.2) is 0 Å². The molecule has 15 heavy (non-hydrogen) atoms. The Morgan fingerprint density at radius 1 is 1.67 bits per heavy atom. The molecule has 1 amide bonds. The van der Waals surface area contributed by atoms with E-state index in [4.69, 9.17) is 6.42 Å². The first-order valence-electron chi connectivity index (χ1n) is 5.52. The Morgan fingerprint density at radius 3 is 2.73 bits per heavy atom. The summed E-state index contributed by atoms with van der Waals surface area (Å²) < 4.78 is 0. The maximum absolute atomic E-state index is 11.7. The summed E-state index contributed by atoms with van der Waals surface area (Å²) in [5, 5.41) is 2.89. The Morgan fingerprint density at radius 2 is 2.33 bits per heavy atom. The van der Waals surface area contributed by atoms with Gasteiger partial charge in [0.2, 0.25) is 5.91 Å². The standard InChI is InChI=1S/C12H19NOS/c1-3-5-10(4-2)13-11(14)8-12(9-15)6-7-12/h2,10,15H,3,5-9H2,1H3,(H,13,14). The summed E-state index contributed by atoms with van der Waals surface area (Å²) in [5.41, 5.74) is 0.179. The van der Waals surface area contributed by atoms with Gasteiger partial charge < -0.3 is 5.32 Å². The van der Waals surface area contributed by atoms with Gasteiger partial charge in [0, 0.05) is 6.42 Å². The Balaban J connectivity index is 2.32. The predicted molar refractivity (Wildman–Crippen MR) is 65.8 cm³/mol. The third-order valence-electron chi connectivity index (χ3n) is 2.94. The third-order valence-corrected chi connectivity index (χ3v) is 3.61. The number of nitrogens with one attached hydrogen (secondary N) is 1. The summed E-state index contributed by atoms with van der Waals surface area (Å²) in [6, 6.07) is -0.0989. The monoisotopic (exact) mass is 225 g/mol. The van der Waals surface area contributed by atoms with Crippen LogP contribution in [0.5, 0.6) is 0 Å². The average Bonchev–Trinajstić information content (AvgIpc) is 2.97. The molecule has 1 fully saturated rings. The van der Waals surface area contributed by atoms with Crippen LogP contribution >= 0.6 is 12.6 Å². The van der Waals surface area contributed by atoms with E-state index in [1.54, 1.807) is 0 Å². The number of rotatable bonds is 6. The van der Waals surface area contributed by atoms with Crippen molar-refractivity contribution in [2.45, 2.75) is 45.1 Å². The topological polar surface area (TPSA) is 29.1 Å². The molecule has 0 bridgehead atoms. The first-order chi connectivity index (χ1) is 7.15. The lowest BCUT2D eigenvalue weighted by Crippen LogP contribution is -2.35. The van der Waals surface area contributed by atoms with Crippen molar-refractivity contribution in [3.8, 4) is 12.3 Å². The van der Waals surface area contributed by atoms with Crippen LogP contribution in [0.3, 0.4) is 0 Å². The summed E-state index contributed by atoms with van der Waals surface area (Å²) in [4.78, 5) is 11.7. The number of thiol groups is 1. The molecule has 0 aromatic heterocycles. The molecule has 1 aliphatic rings. The lowest BCUT2D eigenvalue weighted by Gasteiger charge is -2.15. The van der Waals surface area contributed by atoms with Gasteiger partial charge in [-0.2, -0.15) is 12.6 Å². The molecule has 0 spiro atoms. The van der Waals surface area contributed by atoms with E-state index in [2.05, 4.69) is 30.8 Å². The summed E-state index contributed by atoms with van der Waals surface area (Å²) in [6.07, 6.45) is 10.0. The molecule has 0 aliphatic heterocycles. The minimum Gasteiger partial charge on any atom is -0.342 e. The molecule has 3 heteroatoms. The summed E-state index contributed by atoms with van der Waals surface area (Å²) in [5.74, 6) is 3.49. The quantitative estimate of drug-likeness (QED) is 0.525. The van der Waals surface area contributed by atoms with E-state index in [0.717, 1.165) is 31.4 Å². The fraction of sp³-hybridized carbons (Fsp3) is 0.750. The van der Waals surface area contributed by atoms with Crippen LogP contribution in [0, 0.1) is 17.8 Å². The molecule has 1 saturated carbocycles. The molecular weight excluding hydrogens is 206 g/mol. The summed E-state index contributed by atoms with van der Waals surface area (Å²) in [7, 11) is 0. The van der Waals surface area contributed by atoms with Crippen molar-refractivity contribution in [2.75, 3.05) is 5.75 Å². The van der Waals surface area contributed by atoms with Gasteiger partial charge in [-0.1, -0.05) is 19.3 Å². The number of carbonyl (C=O) groups is 1. The van der Waals surface area contributed by atoms with E-state index < -0.39 is 0 Å². The zero-order valence-electron chi connectivity index (χ0n) is 9.25. The summed E-state index contributed by atoms with van der Waals surface area (Å²) >= 11 is 4.27. The van der Waals surface area contributed by atoms with E-state index in [1.807, 2.05) is 0 Å². The smallest absolute Gasteiger partial charge is 0.221 e. The van der Waals surface area contributed by atoms with Gasteiger partial charge in [0.25, 0.3) is 0 Å². The lowest BCUT2D eigenvalue weighted by molar-refractivity contribution is -0.122. The van der Waals surface area contributed by atoms with Crippen molar-refractivity contribution in [1.82, 2.24) is 5.32 Å². The highest BCUT2D eigenvalue weighted by Gasteiger charge is 2.42. The first-order valence-corrected chi connectivity index (χ1v) is 6.15. The minimum atomic E-state index is -0.0989. The number of carbonyl (C=O) groups excluding carboxylic acids is 1. The van der Waals surface area contributed by atoms with E-state index in [1.165, 1.54) is 0 Å². The molecule has 1 unspecified atom stereocenters. The van der Waals surface area contributed by atoms with Gasteiger partial charge in [0.05, 0.1) is 6.04 Å². The van der Waals surface area contributed by atoms with Crippen LogP contribution in [0.4, 0.5) is 0 Å². The molecule has 1 N–H and O–H groups in total. The van der Waals surface area contributed by atoms with E-state index in [0.29, 0.717) is 6.42 Å². The maximum atomic E-state index is 11.7. The van der Waals surface area contributed by atoms with Gasteiger partial charge in [0.1, 0.15) is 0 Å². The molecule has 1 atom stereocenters. The fourth-order valence-corrected chi connectivity index (χ4v) is 2.07. The van der Waals surface area contributed by atoms with E-state index in [-0.39, 0.29) is 17.4 Å². The third kappa shape index (κ3) is 3.79. The second-order valence-electron chi connectivity index (χ2n) is 4.41. The normalized spacial score (nSPS) is 19.0. The second-order valence-corrected chi connectivity index (χ2v) is 4.73. The van der Waals surface area contributed by atoms with E-state index in [9.17, 15) is 4.79 Å². The number of hydrogen-bond acceptors (Lipinski definition) is 2. The molecular formula is C12H19NOS. The fourth-order valence-electron chi connectivity index (χ4n) is 1.64. The average molecular weight is 225 g/mol. The molecule has 1 rings (SSSR count). The SMILES string of the molecule is C#CC(CCC)NC(=O)CC1(CS)CC1. The van der Waals surface area contributed by atoms with Gasteiger partial charge in [-0.15, -0.1) is 6.42 Å². The van der Waals surface area contributed by atoms with Crippen molar-refractivity contribution in [3.05, 3.63) is 0 Å². The second kappa shape index (κ2) is 5.46. The maximum Gasteiger partial charge on any atom is 0.221 e. The van der Waals surface area contributed by atoms with Crippen LogP contribution in [0.2, 0.25) is 0 Å². The summed E-state index contributed by atoms with van der Waals surface area (Å²) in [6.45, 7) is 2.06. The Bertz CT molecular complexity index is 265. The highest BCUT2D eigenvalue weighted by atomic mass is 32.1. The van der Waals surface area contributed by atoms with Crippen LogP contribution in [0.15, 0.2) is 0 Å². The molecule has 1 aliphatic carbocycles. The zero-order chi connectivity index (χ0) is 11.3. The molecule has 2 nitrogen and oxygen atoms in total. The first kappa shape index (κ1) is 12.4. The van der Waals surface area contributed by atoms with Crippen molar-refractivity contribution in [2.24, 2.45) is 5.41 Å². The molecule has 0 aromatic rings. The minimum absolute atomic E-state index is 0.0814. The van der Waals surface area contributed by atoms with Crippen LogP contribution in [0.25, 0.3) is 0 Å². The number of terminal acetylenes is 1. The largest absolute Gasteiger partial charge is 0.342 e. The van der Waals surface area contributed by atoms with Gasteiger partial charge in [-0.05, 0) is 30.4 Å². The molecule has 0 radical (unpaired) electrons. The Labute approximate surface area is 97.6 Å². The van der Waals surface area contributed by atoms with Crippen LogP contribution < -0.4 is 5.32 Å². The zero-order valence-corrected chi connectivity index (χ0v) is 10.1. The number of hydrogen-bond donors (Lipinski definition) is 2. The van der Waals surface area contributed by atoms with Crippen molar-refractivity contribution in [3.63, 3.8) is 0 Å². The van der Waals surface area contributed by atoms with E-state index >= 15 is 0 Å². The van der Waals surface area contributed by atoms with Crippen molar-refractivity contribution in [1.29, 1.82) is 0 Å². The van der Waals surface area contributed by atoms with Gasteiger partial charge in [-0.25, -0.2) is 0 Å². The molecule has 0 saturated heterocycles. The van der Waals surface area contributed by atoms with Crippen molar-refractivity contribution < 1.29 is 4.79 Å². The van der Waals surface area contributed by atoms with Crippen LogP contribution in [0.1, 0.15) is 39.0 Å². The number of amides is 1. The Hall–Kier alpha value is -0.620. The molecule has 0 heterocycles. The Kier molecular flexibility index (Phi) is 4.53. The molecule has 84 valence electrons. The highest BCUT2D eigenvalue weighted by molar-refractivity contribution is 7.80. The lowest BCUT2D eigenvalue weighted by atomic mass is 10.0. The van der Waals surface area contributed by atoms with Crippen molar-refractivity contribution >= 4 is 18.5 Å². The van der Waals surface area contributed by atoms with Crippen LogP contribution in [-0.4, -0.2) is 17.7 Å². The van der Waals surface area contributed by atoms with Gasteiger partial charge in [-0.3, -0.25) is 4.79 Å². The van der Waals surface area contributed by atoms with Crippen LogP contribution in [-0.2, 0) is 4.79 Å². The predicted octanol–water partition coefficient (Wildman–Crippen LogP) is 2.00. The van der Waals surface area contributed by atoms with Gasteiger partial charge >= 0.3 is 0 Å². The molecule has 0 aromatic carbocycles. The highest BCUT2D eigenvalue weighted by Crippen LogP contribution is 2.49.